The van der Waals surface area contributed by atoms with Gasteiger partial charge in [-0.25, -0.2) is 8.42 Å². The van der Waals surface area contributed by atoms with Crippen molar-refractivity contribution in [3.05, 3.63) is 29.3 Å². The van der Waals surface area contributed by atoms with E-state index in [9.17, 15) is 8.42 Å². The molecule has 78 valence electrons. The molecular weight excluding hydrogens is 198 g/mol. The fraction of sp³-hybridized carbons (Fsp3) is 0.400. The molecular formula is C10H15NO2S. The van der Waals surface area contributed by atoms with Crippen LogP contribution in [0.4, 0.5) is 0 Å². The Bertz CT molecular complexity index is 435. The van der Waals surface area contributed by atoms with E-state index in [1.165, 1.54) is 6.26 Å². The van der Waals surface area contributed by atoms with Crippen molar-refractivity contribution in [1.82, 2.24) is 0 Å². The van der Waals surface area contributed by atoms with E-state index in [2.05, 4.69) is 0 Å². The first-order valence-electron chi connectivity index (χ1n) is 4.38. The molecule has 3 nitrogen and oxygen atoms in total. The summed E-state index contributed by atoms with van der Waals surface area (Å²) in [7, 11) is -3.11. The monoisotopic (exact) mass is 213 g/mol. The molecule has 0 saturated carbocycles. The summed E-state index contributed by atoms with van der Waals surface area (Å²) in [5.74, 6) is 0. The van der Waals surface area contributed by atoms with E-state index in [1.54, 1.807) is 18.2 Å². The summed E-state index contributed by atoms with van der Waals surface area (Å²) in [5, 5.41) is 0. The number of nitrogens with two attached hydrogens (primary N) is 1. The number of sulfone groups is 1. The number of aryl methyl sites for hydroxylation is 1. The molecule has 0 fully saturated rings. The van der Waals surface area contributed by atoms with Crippen molar-refractivity contribution in [3.8, 4) is 0 Å². The van der Waals surface area contributed by atoms with Crippen LogP contribution in [0, 0.1) is 6.92 Å². The van der Waals surface area contributed by atoms with Crippen LogP contribution in [0.25, 0.3) is 0 Å². The van der Waals surface area contributed by atoms with E-state index in [-0.39, 0.29) is 6.04 Å². The normalized spacial score (nSPS) is 14.0. The standard InChI is InChI=1S/C10H15NO2S/c1-7-6-9(14(3,12)13)4-5-10(7)8(2)11/h4-6,8H,11H2,1-3H3/t8-/m0/s1. The molecule has 0 aromatic heterocycles. The quantitative estimate of drug-likeness (QED) is 0.808. The fourth-order valence-electron chi connectivity index (χ4n) is 1.39. The maximum Gasteiger partial charge on any atom is 0.175 e. The smallest absolute Gasteiger partial charge is 0.175 e. The van der Waals surface area contributed by atoms with Gasteiger partial charge in [0.15, 0.2) is 9.84 Å². The molecule has 0 aliphatic heterocycles. The molecule has 1 atom stereocenters. The highest BCUT2D eigenvalue weighted by Crippen LogP contribution is 2.19. The Morgan fingerprint density at radius 3 is 2.29 bits per heavy atom. The molecule has 0 heterocycles. The van der Waals surface area contributed by atoms with Crippen LogP contribution in [0.2, 0.25) is 0 Å². The number of benzene rings is 1. The summed E-state index contributed by atoms with van der Waals surface area (Å²) in [4.78, 5) is 0.347. The number of hydrogen-bond donors (Lipinski definition) is 1. The first kappa shape index (κ1) is 11.2. The summed E-state index contributed by atoms with van der Waals surface area (Å²) in [6, 6.07) is 4.97. The molecule has 2 N–H and O–H groups in total. The second-order valence-electron chi connectivity index (χ2n) is 3.58. The van der Waals surface area contributed by atoms with Gasteiger partial charge in [-0.3, -0.25) is 0 Å². The van der Waals surface area contributed by atoms with E-state index < -0.39 is 9.84 Å². The van der Waals surface area contributed by atoms with Gasteiger partial charge >= 0.3 is 0 Å². The maximum atomic E-state index is 11.2. The zero-order valence-corrected chi connectivity index (χ0v) is 9.43. The zero-order chi connectivity index (χ0) is 10.9. The van der Waals surface area contributed by atoms with Gasteiger partial charge in [0.2, 0.25) is 0 Å². The second kappa shape index (κ2) is 3.71. The van der Waals surface area contributed by atoms with Crippen LogP contribution >= 0.6 is 0 Å². The van der Waals surface area contributed by atoms with Gasteiger partial charge in [0, 0.05) is 12.3 Å². The lowest BCUT2D eigenvalue weighted by Crippen LogP contribution is -2.08. The van der Waals surface area contributed by atoms with Gasteiger partial charge in [-0.05, 0) is 37.1 Å². The molecule has 0 radical (unpaired) electrons. The predicted octanol–water partition coefficient (Wildman–Crippen LogP) is 1.42. The SMILES string of the molecule is Cc1cc(S(C)(=O)=O)ccc1[C@H](C)N. The largest absolute Gasteiger partial charge is 0.324 e. The van der Waals surface area contributed by atoms with Gasteiger partial charge in [0.1, 0.15) is 0 Å². The van der Waals surface area contributed by atoms with Gasteiger partial charge < -0.3 is 5.73 Å². The van der Waals surface area contributed by atoms with E-state index >= 15 is 0 Å². The number of rotatable bonds is 2. The van der Waals surface area contributed by atoms with E-state index in [0.29, 0.717) is 4.90 Å². The van der Waals surface area contributed by atoms with Crippen molar-refractivity contribution in [2.45, 2.75) is 24.8 Å². The Morgan fingerprint density at radius 2 is 1.93 bits per heavy atom. The van der Waals surface area contributed by atoms with Gasteiger partial charge in [-0.2, -0.15) is 0 Å². The minimum absolute atomic E-state index is 0.0661. The molecule has 4 heteroatoms. The Balaban J connectivity index is 3.27. The topological polar surface area (TPSA) is 60.2 Å². The Kier molecular flexibility index (Phi) is 2.97. The van der Waals surface area contributed by atoms with Gasteiger partial charge in [-0.15, -0.1) is 0 Å². The molecule has 0 aliphatic carbocycles. The first-order chi connectivity index (χ1) is 6.32. The Hall–Kier alpha value is -0.870. The Morgan fingerprint density at radius 1 is 1.36 bits per heavy atom. The second-order valence-corrected chi connectivity index (χ2v) is 5.59. The molecule has 0 spiro atoms. The van der Waals surface area contributed by atoms with Crippen LogP contribution in [0.15, 0.2) is 23.1 Å². The van der Waals surface area contributed by atoms with Gasteiger partial charge in [0.25, 0.3) is 0 Å². The summed E-state index contributed by atoms with van der Waals surface area (Å²) in [5.41, 5.74) is 7.63. The molecule has 1 aromatic carbocycles. The van der Waals surface area contributed by atoms with Crippen LogP contribution < -0.4 is 5.73 Å². The molecule has 0 saturated heterocycles. The minimum atomic E-state index is -3.11. The summed E-state index contributed by atoms with van der Waals surface area (Å²) >= 11 is 0. The third-order valence-electron chi connectivity index (χ3n) is 2.16. The molecule has 0 unspecified atom stereocenters. The molecule has 0 amide bonds. The number of hydrogen-bond acceptors (Lipinski definition) is 3. The predicted molar refractivity (Wildman–Crippen MR) is 56.9 cm³/mol. The maximum absolute atomic E-state index is 11.2. The molecule has 1 aromatic rings. The van der Waals surface area contributed by atoms with Gasteiger partial charge in [0.05, 0.1) is 4.90 Å². The molecule has 0 aliphatic rings. The van der Waals surface area contributed by atoms with Crippen LogP contribution in [0.5, 0.6) is 0 Å². The average Bonchev–Trinajstić information content (AvgIpc) is 2.01. The van der Waals surface area contributed by atoms with Crippen molar-refractivity contribution in [3.63, 3.8) is 0 Å². The molecule has 0 bridgehead atoms. The molecule has 1 rings (SSSR count). The lowest BCUT2D eigenvalue weighted by Gasteiger charge is -2.10. The van der Waals surface area contributed by atoms with Crippen molar-refractivity contribution in [2.24, 2.45) is 5.73 Å². The minimum Gasteiger partial charge on any atom is -0.324 e. The van der Waals surface area contributed by atoms with Gasteiger partial charge in [-0.1, -0.05) is 6.07 Å². The highest BCUT2D eigenvalue weighted by atomic mass is 32.2. The van der Waals surface area contributed by atoms with E-state index in [0.717, 1.165) is 11.1 Å². The van der Waals surface area contributed by atoms with Crippen LogP contribution in [0.1, 0.15) is 24.1 Å². The van der Waals surface area contributed by atoms with Crippen molar-refractivity contribution in [1.29, 1.82) is 0 Å². The third kappa shape index (κ3) is 2.33. The third-order valence-corrected chi connectivity index (χ3v) is 3.27. The summed E-state index contributed by atoms with van der Waals surface area (Å²) in [6.07, 6.45) is 1.20. The highest BCUT2D eigenvalue weighted by molar-refractivity contribution is 7.90. The summed E-state index contributed by atoms with van der Waals surface area (Å²) < 4.78 is 22.5. The van der Waals surface area contributed by atoms with Crippen LogP contribution in [-0.2, 0) is 9.84 Å². The van der Waals surface area contributed by atoms with Crippen molar-refractivity contribution in [2.75, 3.05) is 6.26 Å². The Labute approximate surface area is 84.9 Å². The lowest BCUT2D eigenvalue weighted by molar-refractivity contribution is 0.601. The zero-order valence-electron chi connectivity index (χ0n) is 8.61. The van der Waals surface area contributed by atoms with Crippen LogP contribution in [0.3, 0.4) is 0 Å². The first-order valence-corrected chi connectivity index (χ1v) is 6.27. The average molecular weight is 213 g/mol. The lowest BCUT2D eigenvalue weighted by atomic mass is 10.0. The van der Waals surface area contributed by atoms with E-state index in [4.69, 9.17) is 5.73 Å². The summed E-state index contributed by atoms with van der Waals surface area (Å²) in [6.45, 7) is 3.75. The van der Waals surface area contributed by atoms with Crippen LogP contribution in [-0.4, -0.2) is 14.7 Å². The van der Waals surface area contributed by atoms with E-state index in [1.807, 2.05) is 13.8 Å². The highest BCUT2D eigenvalue weighted by Gasteiger charge is 2.10. The molecule has 14 heavy (non-hydrogen) atoms. The fourth-order valence-corrected chi connectivity index (χ4v) is 2.10. The van der Waals surface area contributed by atoms with Crippen molar-refractivity contribution >= 4 is 9.84 Å². The van der Waals surface area contributed by atoms with Crippen molar-refractivity contribution < 1.29 is 8.42 Å².